The van der Waals surface area contributed by atoms with E-state index in [1.165, 1.54) is 12.0 Å². The van der Waals surface area contributed by atoms with Crippen LogP contribution in [0.25, 0.3) is 0 Å². The van der Waals surface area contributed by atoms with Gasteiger partial charge in [0.05, 0.1) is 13.2 Å². The smallest absolute Gasteiger partial charge is 0.0587 e. The molecule has 0 saturated carbocycles. The van der Waals surface area contributed by atoms with E-state index in [9.17, 15) is 5.11 Å². The first-order chi connectivity index (χ1) is 8.88. The number of ether oxygens (including phenoxy) is 1. The van der Waals surface area contributed by atoms with Crippen LogP contribution in [-0.4, -0.2) is 37.5 Å². The highest BCUT2D eigenvalue weighted by atomic mass is 16.5. The first kappa shape index (κ1) is 13.5. The van der Waals surface area contributed by atoms with Crippen LogP contribution in [0.3, 0.4) is 0 Å². The van der Waals surface area contributed by atoms with Crippen molar-refractivity contribution in [3.63, 3.8) is 0 Å². The highest BCUT2D eigenvalue weighted by Gasteiger charge is 2.15. The van der Waals surface area contributed by atoms with E-state index in [4.69, 9.17) is 4.74 Å². The summed E-state index contributed by atoms with van der Waals surface area (Å²) in [5, 5.41) is 12.9. The summed E-state index contributed by atoms with van der Waals surface area (Å²) < 4.78 is 5.46. The van der Waals surface area contributed by atoms with Crippen LogP contribution in [0, 0.1) is 5.92 Å². The number of aliphatic hydroxyl groups is 1. The number of nitrogens with one attached hydrogen (secondary N) is 1. The van der Waals surface area contributed by atoms with Crippen molar-refractivity contribution in [2.75, 3.05) is 26.4 Å². The average Bonchev–Trinajstić information content (AvgIpc) is 2.45. The molecule has 3 nitrogen and oxygen atoms in total. The second kappa shape index (κ2) is 7.52. The van der Waals surface area contributed by atoms with Gasteiger partial charge < -0.3 is 15.2 Å². The Morgan fingerprint density at radius 3 is 2.83 bits per heavy atom. The number of aliphatic hydroxyl groups excluding tert-OH is 1. The van der Waals surface area contributed by atoms with Crippen molar-refractivity contribution in [3.05, 3.63) is 35.9 Å². The van der Waals surface area contributed by atoms with Gasteiger partial charge in [-0.05, 0) is 30.7 Å². The number of hydrogen-bond donors (Lipinski definition) is 2. The monoisotopic (exact) mass is 249 g/mol. The predicted molar refractivity (Wildman–Crippen MR) is 72.6 cm³/mol. The van der Waals surface area contributed by atoms with Gasteiger partial charge in [0.15, 0.2) is 0 Å². The molecule has 0 spiro atoms. The molecule has 2 rings (SSSR count). The van der Waals surface area contributed by atoms with Crippen molar-refractivity contribution in [2.24, 2.45) is 5.92 Å². The molecule has 1 heterocycles. The fourth-order valence-electron chi connectivity index (χ4n) is 2.40. The zero-order valence-electron chi connectivity index (χ0n) is 10.8. The first-order valence-corrected chi connectivity index (χ1v) is 6.84. The van der Waals surface area contributed by atoms with E-state index in [-0.39, 0.29) is 12.6 Å². The zero-order chi connectivity index (χ0) is 12.6. The van der Waals surface area contributed by atoms with Crippen molar-refractivity contribution in [1.82, 2.24) is 5.32 Å². The van der Waals surface area contributed by atoms with Crippen molar-refractivity contribution in [2.45, 2.75) is 25.3 Å². The third-order valence-corrected chi connectivity index (χ3v) is 3.50. The molecular weight excluding hydrogens is 226 g/mol. The van der Waals surface area contributed by atoms with E-state index < -0.39 is 0 Å². The molecule has 1 unspecified atom stereocenters. The molecule has 0 bridgehead atoms. The molecule has 0 amide bonds. The van der Waals surface area contributed by atoms with Crippen LogP contribution in [0.1, 0.15) is 18.4 Å². The molecule has 1 saturated heterocycles. The molecule has 3 heteroatoms. The van der Waals surface area contributed by atoms with Crippen LogP contribution >= 0.6 is 0 Å². The van der Waals surface area contributed by atoms with Gasteiger partial charge in [0, 0.05) is 19.2 Å². The van der Waals surface area contributed by atoms with Gasteiger partial charge in [0.25, 0.3) is 0 Å². The minimum Gasteiger partial charge on any atom is -0.395 e. The first-order valence-electron chi connectivity index (χ1n) is 6.84. The molecule has 1 fully saturated rings. The van der Waals surface area contributed by atoms with E-state index in [0.29, 0.717) is 5.92 Å². The second-order valence-electron chi connectivity index (χ2n) is 5.06. The van der Waals surface area contributed by atoms with Crippen LogP contribution in [0.15, 0.2) is 30.3 Å². The maximum atomic E-state index is 9.42. The lowest BCUT2D eigenvalue weighted by atomic mass is 10.0. The summed E-state index contributed by atoms with van der Waals surface area (Å²) in [6, 6.07) is 10.5. The quantitative estimate of drug-likeness (QED) is 0.805. The molecule has 2 N–H and O–H groups in total. The summed E-state index contributed by atoms with van der Waals surface area (Å²) in [5.41, 5.74) is 1.27. The van der Waals surface area contributed by atoms with E-state index in [1.807, 2.05) is 18.2 Å². The Kier molecular flexibility index (Phi) is 5.65. The standard InChI is InChI=1S/C15H23NO2/c17-11-15(9-13-5-2-1-3-6-13)16-10-14-7-4-8-18-12-14/h1-3,5-6,14-17H,4,7-12H2/t14?,15-/m1/s1. The van der Waals surface area contributed by atoms with Crippen LogP contribution in [0.5, 0.6) is 0 Å². The normalized spacial score (nSPS) is 21.7. The van der Waals surface area contributed by atoms with Crippen LogP contribution in [0.2, 0.25) is 0 Å². The van der Waals surface area contributed by atoms with Crippen LogP contribution in [0.4, 0.5) is 0 Å². The minimum absolute atomic E-state index is 0.148. The lowest BCUT2D eigenvalue weighted by Gasteiger charge is -2.25. The summed E-state index contributed by atoms with van der Waals surface area (Å²) >= 11 is 0. The molecule has 2 atom stereocenters. The minimum atomic E-state index is 0.148. The Bertz CT molecular complexity index is 323. The third kappa shape index (κ3) is 4.41. The summed E-state index contributed by atoms with van der Waals surface area (Å²) in [7, 11) is 0. The number of hydrogen-bond acceptors (Lipinski definition) is 3. The summed E-state index contributed by atoms with van der Waals surface area (Å²) in [5.74, 6) is 0.601. The van der Waals surface area contributed by atoms with Crippen molar-refractivity contribution in [3.8, 4) is 0 Å². The highest BCUT2D eigenvalue weighted by Crippen LogP contribution is 2.12. The zero-order valence-corrected chi connectivity index (χ0v) is 10.8. The molecule has 0 aromatic heterocycles. The van der Waals surface area contributed by atoms with Crippen LogP contribution in [-0.2, 0) is 11.2 Å². The van der Waals surface area contributed by atoms with E-state index in [2.05, 4.69) is 17.4 Å². The third-order valence-electron chi connectivity index (χ3n) is 3.50. The summed E-state index contributed by atoms with van der Waals surface area (Å²) in [6.07, 6.45) is 3.27. The molecule has 18 heavy (non-hydrogen) atoms. The van der Waals surface area contributed by atoms with Gasteiger partial charge in [-0.2, -0.15) is 0 Å². The average molecular weight is 249 g/mol. The van der Waals surface area contributed by atoms with E-state index in [1.54, 1.807) is 0 Å². The molecule has 1 aromatic carbocycles. The lowest BCUT2D eigenvalue weighted by molar-refractivity contribution is 0.0528. The number of rotatable bonds is 6. The SMILES string of the molecule is OC[C@@H](Cc1ccccc1)NCC1CCCOC1. The largest absolute Gasteiger partial charge is 0.395 e. The second-order valence-corrected chi connectivity index (χ2v) is 5.06. The molecule has 1 aliphatic rings. The van der Waals surface area contributed by atoms with Gasteiger partial charge in [0.1, 0.15) is 0 Å². The molecule has 0 aliphatic carbocycles. The fraction of sp³-hybridized carbons (Fsp3) is 0.600. The Labute approximate surface area is 109 Å². The topological polar surface area (TPSA) is 41.5 Å². The van der Waals surface area contributed by atoms with Crippen LogP contribution < -0.4 is 5.32 Å². The molecule has 1 aromatic rings. The van der Waals surface area contributed by atoms with Gasteiger partial charge in [-0.15, -0.1) is 0 Å². The maximum absolute atomic E-state index is 9.42. The molecular formula is C15H23NO2. The Balaban J connectivity index is 1.75. The molecule has 1 aliphatic heterocycles. The van der Waals surface area contributed by atoms with E-state index >= 15 is 0 Å². The van der Waals surface area contributed by atoms with Crippen molar-refractivity contribution in [1.29, 1.82) is 0 Å². The van der Waals surface area contributed by atoms with Gasteiger partial charge >= 0.3 is 0 Å². The van der Waals surface area contributed by atoms with Gasteiger partial charge in [-0.25, -0.2) is 0 Å². The van der Waals surface area contributed by atoms with Gasteiger partial charge in [-0.1, -0.05) is 30.3 Å². The molecule has 100 valence electrons. The Hall–Kier alpha value is -0.900. The predicted octanol–water partition coefficient (Wildman–Crippen LogP) is 1.61. The van der Waals surface area contributed by atoms with E-state index in [0.717, 1.165) is 32.6 Å². The summed E-state index contributed by atoms with van der Waals surface area (Å²) in [4.78, 5) is 0. The summed E-state index contributed by atoms with van der Waals surface area (Å²) in [6.45, 7) is 2.89. The van der Waals surface area contributed by atoms with Crippen molar-refractivity contribution >= 4 is 0 Å². The lowest BCUT2D eigenvalue weighted by Crippen LogP contribution is -2.39. The van der Waals surface area contributed by atoms with Gasteiger partial charge in [-0.3, -0.25) is 0 Å². The van der Waals surface area contributed by atoms with Crippen molar-refractivity contribution < 1.29 is 9.84 Å². The Morgan fingerprint density at radius 2 is 2.17 bits per heavy atom. The molecule has 0 radical (unpaired) electrons. The van der Waals surface area contributed by atoms with Gasteiger partial charge in [0.2, 0.25) is 0 Å². The highest BCUT2D eigenvalue weighted by molar-refractivity contribution is 5.15. The Morgan fingerprint density at radius 1 is 1.33 bits per heavy atom. The maximum Gasteiger partial charge on any atom is 0.0587 e. The fourth-order valence-corrected chi connectivity index (χ4v) is 2.40. The number of benzene rings is 1.